The van der Waals surface area contributed by atoms with E-state index in [0.29, 0.717) is 12.3 Å². The summed E-state index contributed by atoms with van der Waals surface area (Å²) in [6, 6.07) is 7.98. The number of hydrogen-bond acceptors (Lipinski definition) is 4. The molecule has 1 atom stereocenters. The number of fused-ring (bicyclic) bond motifs is 1. The Hall–Kier alpha value is -2.37. The molecule has 4 rings (SSSR count). The first kappa shape index (κ1) is 19.0. The minimum Gasteiger partial charge on any atom is -0.497 e. The fourth-order valence-electron chi connectivity index (χ4n) is 4.43. The number of carbonyl (C=O) groups excluding carboxylic acids is 1. The van der Waals surface area contributed by atoms with Crippen molar-refractivity contribution in [3.8, 4) is 5.75 Å². The van der Waals surface area contributed by atoms with Gasteiger partial charge in [-0.15, -0.1) is 10.2 Å². The van der Waals surface area contributed by atoms with Crippen LogP contribution in [0.1, 0.15) is 61.7 Å². The zero-order valence-corrected chi connectivity index (χ0v) is 16.8. The summed E-state index contributed by atoms with van der Waals surface area (Å²) in [6.45, 7) is 2.66. The highest BCUT2D eigenvalue weighted by atomic mass is 16.5. The Morgan fingerprint density at radius 2 is 1.96 bits per heavy atom. The molecule has 3 heterocycles. The summed E-state index contributed by atoms with van der Waals surface area (Å²) in [5.74, 6) is 3.65. The summed E-state index contributed by atoms with van der Waals surface area (Å²) in [4.78, 5) is 14.8. The summed E-state index contributed by atoms with van der Waals surface area (Å²) in [5.41, 5.74) is 1.17. The molecule has 1 amide bonds. The molecule has 28 heavy (non-hydrogen) atoms. The highest BCUT2D eigenvalue weighted by molar-refractivity contribution is 5.76. The molecule has 6 nitrogen and oxygen atoms in total. The largest absolute Gasteiger partial charge is 0.497 e. The molecule has 1 saturated heterocycles. The second-order valence-corrected chi connectivity index (χ2v) is 7.96. The number of likely N-dealkylation sites (tertiary alicyclic amines) is 1. The monoisotopic (exact) mass is 382 g/mol. The number of aromatic nitrogens is 3. The standard InChI is InChI=1S/C22H30N4O2/c1-28-19-11-8-17(9-12-19)10-13-21(27)25-14-5-6-18(16-25)22-24-23-20-7-3-2-4-15-26(20)22/h8-9,11-12,18H,2-7,10,13-16H2,1H3. The van der Waals surface area contributed by atoms with Crippen molar-refractivity contribution in [1.29, 1.82) is 0 Å². The molecule has 0 aliphatic carbocycles. The van der Waals surface area contributed by atoms with Crippen molar-refractivity contribution < 1.29 is 9.53 Å². The zero-order chi connectivity index (χ0) is 19.3. The van der Waals surface area contributed by atoms with Gasteiger partial charge < -0.3 is 14.2 Å². The van der Waals surface area contributed by atoms with Crippen molar-refractivity contribution in [2.24, 2.45) is 0 Å². The van der Waals surface area contributed by atoms with Crippen molar-refractivity contribution in [3.63, 3.8) is 0 Å². The molecule has 150 valence electrons. The predicted molar refractivity (Wildman–Crippen MR) is 107 cm³/mol. The molecular weight excluding hydrogens is 352 g/mol. The number of rotatable bonds is 5. The maximum atomic E-state index is 12.8. The van der Waals surface area contributed by atoms with Crippen LogP contribution in [-0.2, 0) is 24.2 Å². The maximum absolute atomic E-state index is 12.8. The lowest BCUT2D eigenvalue weighted by Crippen LogP contribution is -2.40. The Bertz CT molecular complexity index is 799. The smallest absolute Gasteiger partial charge is 0.222 e. The molecule has 2 aromatic rings. The molecule has 1 aromatic heterocycles. The molecular formula is C22H30N4O2. The SMILES string of the molecule is COc1ccc(CCC(=O)N2CCCC(c3nnc4n3CCCCC4)C2)cc1. The van der Waals surface area contributed by atoms with Gasteiger partial charge in [-0.3, -0.25) is 4.79 Å². The summed E-state index contributed by atoms with van der Waals surface area (Å²) < 4.78 is 7.53. The zero-order valence-electron chi connectivity index (χ0n) is 16.8. The highest BCUT2D eigenvalue weighted by Crippen LogP contribution is 2.28. The van der Waals surface area contributed by atoms with Gasteiger partial charge in [0.1, 0.15) is 17.4 Å². The van der Waals surface area contributed by atoms with Crippen LogP contribution in [0.5, 0.6) is 5.75 Å². The van der Waals surface area contributed by atoms with Crippen molar-refractivity contribution >= 4 is 5.91 Å². The minimum atomic E-state index is 0.246. The first-order valence-corrected chi connectivity index (χ1v) is 10.6. The van der Waals surface area contributed by atoms with Crippen LogP contribution in [0.25, 0.3) is 0 Å². The summed E-state index contributed by atoms with van der Waals surface area (Å²) >= 11 is 0. The van der Waals surface area contributed by atoms with E-state index in [1.54, 1.807) is 7.11 Å². The van der Waals surface area contributed by atoms with E-state index in [1.165, 1.54) is 24.8 Å². The number of amides is 1. The van der Waals surface area contributed by atoms with Gasteiger partial charge in [0, 0.05) is 38.4 Å². The molecule has 0 N–H and O–H groups in total. The fraction of sp³-hybridized carbons (Fsp3) is 0.591. The third-order valence-electron chi connectivity index (χ3n) is 6.06. The lowest BCUT2D eigenvalue weighted by atomic mass is 9.96. The Balaban J connectivity index is 1.36. The molecule has 2 aliphatic heterocycles. The summed E-state index contributed by atoms with van der Waals surface area (Å²) in [6.07, 6.45) is 8.17. The van der Waals surface area contributed by atoms with E-state index in [9.17, 15) is 4.79 Å². The second kappa shape index (κ2) is 8.76. The Morgan fingerprint density at radius 3 is 2.79 bits per heavy atom. The van der Waals surface area contributed by atoms with Crippen molar-refractivity contribution in [2.75, 3.05) is 20.2 Å². The van der Waals surface area contributed by atoms with Gasteiger partial charge in [-0.05, 0) is 49.8 Å². The van der Waals surface area contributed by atoms with E-state index in [-0.39, 0.29) is 5.91 Å². The van der Waals surface area contributed by atoms with Crippen LogP contribution in [0.4, 0.5) is 0 Å². The number of methoxy groups -OCH3 is 1. The van der Waals surface area contributed by atoms with Gasteiger partial charge in [0.05, 0.1) is 7.11 Å². The molecule has 0 saturated carbocycles. The fourth-order valence-corrected chi connectivity index (χ4v) is 4.43. The number of aryl methyl sites for hydroxylation is 2. The van der Waals surface area contributed by atoms with E-state index >= 15 is 0 Å². The van der Waals surface area contributed by atoms with E-state index in [2.05, 4.69) is 14.8 Å². The predicted octanol–water partition coefficient (Wildman–Crippen LogP) is 3.35. The van der Waals surface area contributed by atoms with Crippen LogP contribution in [0.2, 0.25) is 0 Å². The topological polar surface area (TPSA) is 60.2 Å². The number of benzene rings is 1. The van der Waals surface area contributed by atoms with E-state index in [4.69, 9.17) is 4.74 Å². The minimum absolute atomic E-state index is 0.246. The van der Waals surface area contributed by atoms with Crippen LogP contribution in [0.15, 0.2) is 24.3 Å². The molecule has 6 heteroatoms. The van der Waals surface area contributed by atoms with Gasteiger partial charge in [0.2, 0.25) is 5.91 Å². The van der Waals surface area contributed by atoms with Crippen molar-refractivity contribution in [1.82, 2.24) is 19.7 Å². The van der Waals surface area contributed by atoms with Gasteiger partial charge in [-0.1, -0.05) is 18.6 Å². The molecule has 1 unspecified atom stereocenters. The molecule has 0 radical (unpaired) electrons. The van der Waals surface area contributed by atoms with Crippen LogP contribution < -0.4 is 4.74 Å². The molecule has 1 aromatic carbocycles. The Labute approximate surface area is 166 Å². The first-order valence-electron chi connectivity index (χ1n) is 10.6. The van der Waals surface area contributed by atoms with Crippen LogP contribution in [0.3, 0.4) is 0 Å². The number of hydrogen-bond donors (Lipinski definition) is 0. The maximum Gasteiger partial charge on any atom is 0.222 e. The second-order valence-electron chi connectivity index (χ2n) is 7.96. The van der Waals surface area contributed by atoms with Crippen LogP contribution >= 0.6 is 0 Å². The lowest BCUT2D eigenvalue weighted by molar-refractivity contribution is -0.132. The average molecular weight is 383 g/mol. The van der Waals surface area contributed by atoms with Crippen LogP contribution in [-0.4, -0.2) is 45.8 Å². The van der Waals surface area contributed by atoms with Crippen LogP contribution in [0, 0.1) is 0 Å². The number of piperidine rings is 1. The molecule has 2 aliphatic rings. The van der Waals surface area contributed by atoms with Gasteiger partial charge in [-0.25, -0.2) is 0 Å². The number of carbonyl (C=O) groups is 1. The van der Waals surface area contributed by atoms with Crippen molar-refractivity contribution in [3.05, 3.63) is 41.5 Å². The highest BCUT2D eigenvalue weighted by Gasteiger charge is 2.29. The van der Waals surface area contributed by atoms with E-state index in [1.807, 2.05) is 29.2 Å². The van der Waals surface area contributed by atoms with E-state index < -0.39 is 0 Å². The van der Waals surface area contributed by atoms with Crippen molar-refractivity contribution in [2.45, 2.75) is 63.8 Å². The van der Waals surface area contributed by atoms with Gasteiger partial charge >= 0.3 is 0 Å². The first-order chi connectivity index (χ1) is 13.7. The third-order valence-corrected chi connectivity index (χ3v) is 6.06. The molecule has 0 spiro atoms. The quantitative estimate of drug-likeness (QED) is 0.796. The molecule has 1 fully saturated rings. The number of ether oxygens (including phenoxy) is 1. The lowest BCUT2D eigenvalue weighted by Gasteiger charge is -2.32. The number of nitrogens with zero attached hydrogens (tertiary/aromatic N) is 4. The summed E-state index contributed by atoms with van der Waals surface area (Å²) in [7, 11) is 1.67. The third kappa shape index (κ3) is 4.21. The average Bonchev–Trinajstić information content (AvgIpc) is 3.00. The Kier molecular flexibility index (Phi) is 5.93. The Morgan fingerprint density at radius 1 is 1.11 bits per heavy atom. The van der Waals surface area contributed by atoms with E-state index in [0.717, 1.165) is 62.7 Å². The van der Waals surface area contributed by atoms with Gasteiger partial charge in [0.25, 0.3) is 0 Å². The normalized spacial score (nSPS) is 19.8. The van der Waals surface area contributed by atoms with Gasteiger partial charge in [-0.2, -0.15) is 0 Å². The summed E-state index contributed by atoms with van der Waals surface area (Å²) in [5, 5.41) is 8.98. The van der Waals surface area contributed by atoms with Gasteiger partial charge in [0.15, 0.2) is 0 Å². The molecule has 0 bridgehead atoms.